The van der Waals surface area contributed by atoms with Crippen LogP contribution in [0.15, 0.2) is 18.2 Å². The predicted molar refractivity (Wildman–Crippen MR) is 142 cm³/mol. The molecule has 0 radical (unpaired) electrons. The van der Waals surface area contributed by atoms with Crippen LogP contribution in [-0.2, 0) is 25.5 Å². The number of unbranched alkanes of at least 4 members (excludes halogenated alkanes) is 13. The van der Waals surface area contributed by atoms with E-state index in [1.165, 1.54) is 77.0 Å². The van der Waals surface area contributed by atoms with E-state index in [4.69, 9.17) is 32.7 Å². The van der Waals surface area contributed by atoms with Crippen LogP contribution in [0.1, 0.15) is 115 Å². The van der Waals surface area contributed by atoms with Crippen molar-refractivity contribution < 1.29 is 19.1 Å². The minimum atomic E-state index is -0.404. The highest BCUT2D eigenvalue weighted by molar-refractivity contribution is 6.35. The quantitative estimate of drug-likeness (QED) is 0.121. The molecule has 0 aliphatic heterocycles. The topological polar surface area (TPSA) is 52.6 Å². The van der Waals surface area contributed by atoms with E-state index in [1.807, 2.05) is 6.07 Å². The highest BCUT2D eigenvalue weighted by atomic mass is 35.5. The van der Waals surface area contributed by atoms with Crippen LogP contribution in [0.2, 0.25) is 10.0 Å². The zero-order chi connectivity index (χ0) is 24.9. The van der Waals surface area contributed by atoms with E-state index in [9.17, 15) is 9.59 Å². The smallest absolute Gasteiger partial charge is 0.306 e. The molecule has 0 unspecified atom stereocenters. The van der Waals surface area contributed by atoms with Crippen LogP contribution in [-0.4, -0.2) is 25.2 Å². The maximum absolute atomic E-state index is 11.8. The summed E-state index contributed by atoms with van der Waals surface area (Å²) in [5.41, 5.74) is 0.867. The highest BCUT2D eigenvalue weighted by Gasteiger charge is 2.10. The molecule has 0 atom stereocenters. The van der Waals surface area contributed by atoms with Crippen molar-refractivity contribution in [1.29, 1.82) is 0 Å². The lowest BCUT2D eigenvalue weighted by Crippen LogP contribution is -2.12. The molecule has 0 aliphatic rings. The highest BCUT2D eigenvalue weighted by Crippen LogP contribution is 2.21. The van der Waals surface area contributed by atoms with Crippen molar-refractivity contribution >= 4 is 35.1 Å². The molecule has 0 fully saturated rings. The van der Waals surface area contributed by atoms with Gasteiger partial charge < -0.3 is 9.47 Å². The summed E-state index contributed by atoms with van der Waals surface area (Å²) in [6, 6.07) is 5.22. The summed E-state index contributed by atoms with van der Waals surface area (Å²) in [4.78, 5) is 23.6. The Morgan fingerprint density at radius 3 is 1.65 bits per heavy atom. The van der Waals surface area contributed by atoms with Crippen molar-refractivity contribution in [2.75, 3.05) is 13.2 Å². The van der Waals surface area contributed by atoms with Crippen LogP contribution in [0, 0.1) is 0 Å². The van der Waals surface area contributed by atoms with E-state index in [2.05, 4.69) is 6.92 Å². The lowest BCUT2D eigenvalue weighted by molar-refractivity contribution is -0.150. The molecule has 34 heavy (non-hydrogen) atoms. The van der Waals surface area contributed by atoms with Gasteiger partial charge in [-0.3, -0.25) is 9.59 Å². The van der Waals surface area contributed by atoms with Crippen molar-refractivity contribution in [1.82, 2.24) is 0 Å². The van der Waals surface area contributed by atoms with E-state index in [1.54, 1.807) is 12.1 Å². The van der Waals surface area contributed by atoms with Crippen LogP contribution in [0.4, 0.5) is 0 Å². The van der Waals surface area contributed by atoms with Gasteiger partial charge in [-0.1, -0.05) is 120 Å². The first-order valence-electron chi connectivity index (χ1n) is 13.3. The average Bonchev–Trinajstić information content (AvgIpc) is 2.81. The fourth-order valence-electron chi connectivity index (χ4n) is 3.83. The normalized spacial score (nSPS) is 10.9. The summed E-state index contributed by atoms with van der Waals surface area (Å²) in [6.45, 7) is 2.91. The summed E-state index contributed by atoms with van der Waals surface area (Å²) < 4.78 is 10.4. The third kappa shape index (κ3) is 17.2. The van der Waals surface area contributed by atoms with Gasteiger partial charge in [0.25, 0.3) is 0 Å². The molecule has 0 saturated heterocycles. The van der Waals surface area contributed by atoms with Crippen LogP contribution in [0.5, 0.6) is 0 Å². The van der Waals surface area contributed by atoms with Gasteiger partial charge in [-0.25, -0.2) is 0 Å². The van der Waals surface area contributed by atoms with Gasteiger partial charge in [-0.05, 0) is 24.1 Å². The first kappa shape index (κ1) is 30.8. The Hall–Kier alpha value is -1.26. The van der Waals surface area contributed by atoms with Crippen molar-refractivity contribution in [3.8, 4) is 0 Å². The van der Waals surface area contributed by atoms with Gasteiger partial charge in [0.15, 0.2) is 0 Å². The zero-order valence-electron chi connectivity index (χ0n) is 21.1. The van der Waals surface area contributed by atoms with E-state index >= 15 is 0 Å². The van der Waals surface area contributed by atoms with Gasteiger partial charge in [0.2, 0.25) is 0 Å². The molecule has 0 heterocycles. The largest absolute Gasteiger partial charge is 0.466 e. The number of rotatable bonds is 21. The number of esters is 2. The van der Waals surface area contributed by atoms with Gasteiger partial charge in [-0.15, -0.1) is 0 Å². The number of hydrogen-bond acceptors (Lipinski definition) is 4. The standard InChI is InChI=1S/C28H44Cl2O4/c1-2-3-4-5-6-7-8-9-10-11-12-13-14-15-21-33-27(31)18-19-28(32)34-22-20-24-16-17-25(29)23-26(24)30/h16-17,23H,2-15,18-22H2,1H3. The molecule has 0 amide bonds. The molecule has 0 saturated carbocycles. The number of ether oxygens (including phenoxy) is 2. The van der Waals surface area contributed by atoms with Crippen molar-refractivity contribution in [3.63, 3.8) is 0 Å². The Morgan fingerprint density at radius 1 is 0.676 bits per heavy atom. The molecule has 0 N–H and O–H groups in total. The van der Waals surface area contributed by atoms with Crippen molar-refractivity contribution in [3.05, 3.63) is 33.8 Å². The van der Waals surface area contributed by atoms with Crippen molar-refractivity contribution in [2.45, 2.75) is 116 Å². The van der Waals surface area contributed by atoms with Gasteiger partial charge in [0, 0.05) is 16.5 Å². The summed E-state index contributed by atoms with van der Waals surface area (Å²) in [5.74, 6) is -0.745. The molecular formula is C28H44Cl2O4. The second-order valence-corrected chi connectivity index (χ2v) is 9.87. The van der Waals surface area contributed by atoms with Gasteiger partial charge in [0.05, 0.1) is 26.1 Å². The number of carbonyl (C=O) groups is 2. The molecule has 1 aromatic rings. The van der Waals surface area contributed by atoms with E-state index in [-0.39, 0.29) is 25.4 Å². The number of carbonyl (C=O) groups excluding carboxylic acids is 2. The van der Waals surface area contributed by atoms with E-state index < -0.39 is 5.97 Å². The fraction of sp³-hybridized carbons (Fsp3) is 0.714. The lowest BCUT2D eigenvalue weighted by atomic mass is 10.0. The molecule has 0 bridgehead atoms. The maximum Gasteiger partial charge on any atom is 0.306 e. The minimum absolute atomic E-state index is 0.0337. The van der Waals surface area contributed by atoms with Gasteiger partial charge in [-0.2, -0.15) is 0 Å². The SMILES string of the molecule is CCCCCCCCCCCCCCCCOC(=O)CCC(=O)OCCc1ccc(Cl)cc1Cl. The first-order valence-corrected chi connectivity index (χ1v) is 14.0. The van der Waals surface area contributed by atoms with E-state index in [0.29, 0.717) is 23.1 Å². The van der Waals surface area contributed by atoms with Crippen LogP contribution in [0.3, 0.4) is 0 Å². The Morgan fingerprint density at radius 2 is 1.15 bits per heavy atom. The summed E-state index contributed by atoms with van der Waals surface area (Å²) in [7, 11) is 0. The Balaban J connectivity index is 1.87. The van der Waals surface area contributed by atoms with Crippen molar-refractivity contribution in [2.24, 2.45) is 0 Å². The molecule has 0 aromatic heterocycles. The van der Waals surface area contributed by atoms with Gasteiger partial charge >= 0.3 is 11.9 Å². The van der Waals surface area contributed by atoms with E-state index in [0.717, 1.165) is 18.4 Å². The molecule has 4 nitrogen and oxygen atoms in total. The summed E-state index contributed by atoms with van der Waals surface area (Å²) >= 11 is 12.0. The fourth-order valence-corrected chi connectivity index (χ4v) is 4.33. The predicted octanol–water partition coefficient (Wildman–Crippen LogP) is 8.88. The number of benzene rings is 1. The molecule has 6 heteroatoms. The first-order chi connectivity index (χ1) is 16.5. The van der Waals surface area contributed by atoms with Crippen LogP contribution >= 0.6 is 23.2 Å². The third-order valence-electron chi connectivity index (χ3n) is 5.94. The average molecular weight is 516 g/mol. The maximum atomic E-state index is 11.8. The van der Waals surface area contributed by atoms with Crippen LogP contribution in [0.25, 0.3) is 0 Å². The lowest BCUT2D eigenvalue weighted by Gasteiger charge is -2.07. The summed E-state index contributed by atoms with van der Waals surface area (Å²) in [6.07, 6.45) is 18.7. The second-order valence-electron chi connectivity index (χ2n) is 9.02. The number of halogens is 2. The molecular weight excluding hydrogens is 471 g/mol. The molecule has 0 spiro atoms. The second kappa shape index (κ2) is 21.1. The Labute approximate surface area is 217 Å². The van der Waals surface area contributed by atoms with Crippen LogP contribution < -0.4 is 0 Å². The third-order valence-corrected chi connectivity index (χ3v) is 6.53. The summed E-state index contributed by atoms with van der Waals surface area (Å²) in [5, 5.41) is 1.12. The molecule has 0 aliphatic carbocycles. The zero-order valence-corrected chi connectivity index (χ0v) is 22.6. The molecule has 1 rings (SSSR count). The number of hydrogen-bond donors (Lipinski definition) is 0. The minimum Gasteiger partial charge on any atom is -0.466 e. The molecule has 1 aromatic carbocycles. The Kier molecular flexibility index (Phi) is 19.1. The molecule has 194 valence electrons. The monoisotopic (exact) mass is 514 g/mol. The van der Waals surface area contributed by atoms with Gasteiger partial charge in [0.1, 0.15) is 0 Å². The Bertz CT molecular complexity index is 678.